The average molecular weight is 309 g/mol. The van der Waals surface area contributed by atoms with Crippen LogP contribution in [0.3, 0.4) is 0 Å². The topological polar surface area (TPSA) is 13.0 Å². The van der Waals surface area contributed by atoms with Crippen LogP contribution in [0.2, 0.25) is 0 Å². The molecule has 0 aliphatic carbocycles. The second-order valence-corrected chi connectivity index (χ2v) is 5.37. The van der Waals surface area contributed by atoms with Crippen molar-refractivity contribution in [3.05, 3.63) is 37.6 Å². The summed E-state index contributed by atoms with van der Waals surface area (Å²) in [6.45, 7) is 12.1. The predicted octanol–water partition coefficient (Wildman–Crippen LogP) is 4.08. The molecule has 4 nitrogen and oxygen atoms in total. The van der Waals surface area contributed by atoms with Gasteiger partial charge in [-0.05, 0) is 19.0 Å². The van der Waals surface area contributed by atoms with Gasteiger partial charge in [-0.3, -0.25) is 0 Å². The van der Waals surface area contributed by atoms with E-state index in [-0.39, 0.29) is 7.43 Å². The van der Waals surface area contributed by atoms with Crippen LogP contribution >= 0.6 is 0 Å². The van der Waals surface area contributed by atoms with Crippen molar-refractivity contribution in [2.75, 3.05) is 33.5 Å². The van der Waals surface area contributed by atoms with Crippen LogP contribution in [-0.2, 0) is 0 Å². The molecule has 0 saturated heterocycles. The van der Waals surface area contributed by atoms with E-state index in [0.29, 0.717) is 0 Å². The van der Waals surface area contributed by atoms with Crippen molar-refractivity contribution in [1.29, 1.82) is 0 Å². The molecule has 0 aromatic heterocycles. The summed E-state index contributed by atoms with van der Waals surface area (Å²) < 4.78 is 0. The lowest BCUT2D eigenvalue weighted by Crippen LogP contribution is -2.23. The maximum absolute atomic E-state index is 3.78. The molecule has 0 spiro atoms. The molecule has 0 atom stereocenters. The van der Waals surface area contributed by atoms with Gasteiger partial charge in [-0.1, -0.05) is 40.7 Å². The molecule has 0 unspecified atom stereocenters. The van der Waals surface area contributed by atoms with Crippen LogP contribution in [0.25, 0.3) is 0 Å². The highest BCUT2D eigenvalue weighted by Crippen LogP contribution is 2.10. The highest BCUT2D eigenvalue weighted by molar-refractivity contribution is 4.94. The first-order valence-corrected chi connectivity index (χ1v) is 8.21. The van der Waals surface area contributed by atoms with Gasteiger partial charge in [0, 0.05) is 44.9 Å². The molecule has 0 bridgehead atoms. The number of unbranched alkanes of at least 4 members (excludes halogenated alkanes) is 3. The molecule has 0 radical (unpaired) electrons. The molecule has 0 saturated carbocycles. The molecule has 4 heteroatoms. The van der Waals surface area contributed by atoms with Gasteiger partial charge in [-0.25, -0.2) is 0 Å². The third-order valence-electron chi connectivity index (χ3n) is 3.63. The van der Waals surface area contributed by atoms with E-state index in [2.05, 4.69) is 58.0 Å². The highest BCUT2D eigenvalue weighted by Gasteiger charge is 2.09. The Morgan fingerprint density at radius 3 is 1.86 bits per heavy atom. The van der Waals surface area contributed by atoms with Crippen molar-refractivity contribution in [1.82, 2.24) is 19.6 Å². The number of hydrogen-bond donors (Lipinski definition) is 0. The van der Waals surface area contributed by atoms with Gasteiger partial charge in [0.2, 0.25) is 0 Å². The fraction of sp³-hybridized carbons (Fsp3) is 0.667. The van der Waals surface area contributed by atoms with Crippen LogP contribution < -0.4 is 0 Å². The van der Waals surface area contributed by atoms with Crippen molar-refractivity contribution in [3.63, 3.8) is 0 Å². The minimum Gasteiger partial charge on any atom is -0.362 e. The summed E-state index contributed by atoms with van der Waals surface area (Å²) in [5, 5.41) is 0. The number of rotatable bonds is 8. The van der Waals surface area contributed by atoms with Gasteiger partial charge in [-0.2, -0.15) is 0 Å². The summed E-state index contributed by atoms with van der Waals surface area (Å²) in [5.41, 5.74) is 0. The summed E-state index contributed by atoms with van der Waals surface area (Å²) in [5.74, 6) is 0. The van der Waals surface area contributed by atoms with Crippen molar-refractivity contribution >= 4 is 0 Å². The van der Waals surface area contributed by atoms with Gasteiger partial charge in [0.05, 0.1) is 13.3 Å². The molecule has 2 aliphatic heterocycles. The van der Waals surface area contributed by atoms with E-state index in [1.807, 2.05) is 20.0 Å². The lowest BCUT2D eigenvalue weighted by atomic mass is 10.2. The molecule has 0 aromatic rings. The summed E-state index contributed by atoms with van der Waals surface area (Å²) in [7, 11) is 2.12. The van der Waals surface area contributed by atoms with E-state index in [1.165, 1.54) is 32.2 Å². The standard InChI is InChI=1S/C15H26N4.C2H6.CH4/c1-3-17-12-13-19(15-17)9-7-5-4-6-8-18-11-10-16(2)14-18;1-2;/h3,10-13H,1,4-9,14-15H2,2H3;1-2H3;1H4. The largest absolute Gasteiger partial charge is 0.362 e. The third kappa shape index (κ3) is 7.43. The van der Waals surface area contributed by atoms with Crippen LogP contribution in [0.1, 0.15) is 47.0 Å². The summed E-state index contributed by atoms with van der Waals surface area (Å²) in [6.07, 6.45) is 15.7. The Bertz CT molecular complexity index is 338. The van der Waals surface area contributed by atoms with Gasteiger partial charge in [0.25, 0.3) is 0 Å². The van der Waals surface area contributed by atoms with Crippen LogP contribution in [0.15, 0.2) is 37.6 Å². The maximum Gasteiger partial charge on any atom is 0.0935 e. The molecule has 0 amide bonds. The Hall–Kier alpha value is -1.58. The first-order chi connectivity index (χ1) is 10.3. The smallest absolute Gasteiger partial charge is 0.0935 e. The maximum atomic E-state index is 3.78. The third-order valence-corrected chi connectivity index (χ3v) is 3.63. The average Bonchev–Trinajstić information content (AvgIpc) is 3.13. The van der Waals surface area contributed by atoms with Crippen LogP contribution in [0.4, 0.5) is 0 Å². The van der Waals surface area contributed by atoms with Gasteiger partial charge in [0.1, 0.15) is 0 Å². The number of nitrogens with zero attached hydrogens (tertiary/aromatic N) is 4. The van der Waals surface area contributed by atoms with Crippen molar-refractivity contribution in [3.8, 4) is 0 Å². The Labute approximate surface area is 138 Å². The molecular formula is C18H36N4. The van der Waals surface area contributed by atoms with Gasteiger partial charge in [0.15, 0.2) is 0 Å². The Balaban J connectivity index is 0.00000141. The van der Waals surface area contributed by atoms with Crippen LogP contribution in [0, 0.1) is 0 Å². The molecule has 2 rings (SSSR count). The minimum absolute atomic E-state index is 0. The van der Waals surface area contributed by atoms with Crippen molar-refractivity contribution in [2.24, 2.45) is 0 Å². The normalized spacial score (nSPS) is 15.8. The molecule has 0 aromatic carbocycles. The molecule has 22 heavy (non-hydrogen) atoms. The molecule has 0 fully saturated rings. The zero-order chi connectivity index (χ0) is 15.5. The van der Waals surface area contributed by atoms with Crippen molar-refractivity contribution < 1.29 is 0 Å². The lowest BCUT2D eigenvalue weighted by molar-refractivity contribution is 0.286. The van der Waals surface area contributed by atoms with E-state index < -0.39 is 0 Å². The number of hydrogen-bond acceptors (Lipinski definition) is 4. The quantitative estimate of drug-likeness (QED) is 0.626. The van der Waals surface area contributed by atoms with E-state index >= 15 is 0 Å². The van der Waals surface area contributed by atoms with E-state index in [1.54, 1.807) is 0 Å². The SMILES string of the molecule is C.C=CN1C=CN(CCCCCCN2C=CN(C)C2)C1.CC. The Morgan fingerprint density at radius 2 is 1.41 bits per heavy atom. The molecule has 2 aliphatic rings. The Morgan fingerprint density at radius 1 is 0.864 bits per heavy atom. The second-order valence-electron chi connectivity index (χ2n) is 5.37. The van der Waals surface area contributed by atoms with Gasteiger partial charge >= 0.3 is 0 Å². The van der Waals surface area contributed by atoms with Crippen molar-refractivity contribution in [2.45, 2.75) is 47.0 Å². The monoisotopic (exact) mass is 308 g/mol. The second kappa shape index (κ2) is 12.0. The molecule has 128 valence electrons. The first kappa shape index (κ1) is 20.4. The highest BCUT2D eigenvalue weighted by atomic mass is 15.3. The van der Waals surface area contributed by atoms with E-state index in [4.69, 9.17) is 0 Å². The molecular weight excluding hydrogens is 272 g/mol. The van der Waals surface area contributed by atoms with Crippen LogP contribution in [0.5, 0.6) is 0 Å². The summed E-state index contributed by atoms with van der Waals surface area (Å²) >= 11 is 0. The fourth-order valence-corrected chi connectivity index (χ4v) is 2.47. The minimum atomic E-state index is 0. The van der Waals surface area contributed by atoms with Gasteiger partial charge in [-0.15, -0.1) is 0 Å². The zero-order valence-corrected chi connectivity index (χ0v) is 14.0. The van der Waals surface area contributed by atoms with Gasteiger partial charge < -0.3 is 19.6 Å². The molecule has 2 heterocycles. The lowest BCUT2D eigenvalue weighted by Gasteiger charge is -2.19. The summed E-state index contributed by atoms with van der Waals surface area (Å²) in [6, 6.07) is 0. The first-order valence-electron chi connectivity index (χ1n) is 8.21. The van der Waals surface area contributed by atoms with E-state index in [0.717, 1.165) is 19.9 Å². The Kier molecular flexibility index (Phi) is 11.2. The summed E-state index contributed by atoms with van der Waals surface area (Å²) in [4.78, 5) is 9.05. The fourth-order valence-electron chi connectivity index (χ4n) is 2.47. The molecule has 0 N–H and O–H groups in total. The van der Waals surface area contributed by atoms with Crippen LogP contribution in [-0.4, -0.2) is 53.1 Å². The predicted molar refractivity (Wildman–Crippen MR) is 97.8 cm³/mol. The zero-order valence-electron chi connectivity index (χ0n) is 14.0. The van der Waals surface area contributed by atoms with E-state index in [9.17, 15) is 0 Å².